The van der Waals surface area contributed by atoms with Crippen LogP contribution in [-0.4, -0.2) is 41.4 Å². The number of fused-ring (bicyclic) bond motifs is 1. The summed E-state index contributed by atoms with van der Waals surface area (Å²) in [6.45, 7) is 0.345. The fourth-order valence-electron chi connectivity index (χ4n) is 3.42. The Bertz CT molecular complexity index is 1210. The predicted octanol–water partition coefficient (Wildman–Crippen LogP) is 1.11. The minimum absolute atomic E-state index is 0.172. The molecule has 0 bridgehead atoms. The van der Waals surface area contributed by atoms with Gasteiger partial charge in [-0.1, -0.05) is 30.3 Å². The monoisotopic (exact) mass is 433 g/mol. The molecule has 1 saturated heterocycles. The highest BCUT2D eigenvalue weighted by molar-refractivity contribution is 7.86. The number of piperidine rings is 1. The van der Waals surface area contributed by atoms with E-state index in [0.717, 1.165) is 20.1 Å². The minimum Gasteiger partial charge on any atom is -0.273 e. The van der Waals surface area contributed by atoms with Gasteiger partial charge in [-0.05, 0) is 18.4 Å². The van der Waals surface area contributed by atoms with Crippen LogP contribution >= 0.6 is 11.3 Å². The van der Waals surface area contributed by atoms with E-state index >= 15 is 0 Å². The van der Waals surface area contributed by atoms with Gasteiger partial charge in [0.15, 0.2) is 0 Å². The Balaban J connectivity index is 1.57. The van der Waals surface area contributed by atoms with Gasteiger partial charge in [-0.25, -0.2) is 14.8 Å². The van der Waals surface area contributed by atoms with Crippen LogP contribution in [0.2, 0.25) is 0 Å². The van der Waals surface area contributed by atoms with E-state index in [1.165, 1.54) is 17.7 Å². The molecule has 0 unspecified atom stereocenters. The minimum atomic E-state index is -3.75. The third kappa shape index (κ3) is 3.94. The first kappa shape index (κ1) is 19.7. The second-order valence-electron chi connectivity index (χ2n) is 6.81. The van der Waals surface area contributed by atoms with Gasteiger partial charge in [0.1, 0.15) is 11.2 Å². The van der Waals surface area contributed by atoms with Crippen molar-refractivity contribution >= 4 is 37.7 Å². The molecule has 0 aliphatic carbocycles. The Morgan fingerprint density at radius 3 is 2.55 bits per heavy atom. The zero-order valence-corrected chi connectivity index (χ0v) is 16.9. The molecule has 29 heavy (non-hydrogen) atoms. The number of hydrogen-bond acceptors (Lipinski definition) is 6. The first-order valence-electron chi connectivity index (χ1n) is 8.97. The molecule has 3 N–H and O–H groups in total. The van der Waals surface area contributed by atoms with Crippen molar-refractivity contribution in [1.29, 1.82) is 0 Å². The van der Waals surface area contributed by atoms with Gasteiger partial charge >= 0.3 is 0 Å². The molecule has 1 aliphatic rings. The first-order valence-corrected chi connectivity index (χ1v) is 11.4. The molecule has 9 nitrogen and oxygen atoms in total. The van der Waals surface area contributed by atoms with Crippen LogP contribution in [0.3, 0.4) is 0 Å². The van der Waals surface area contributed by atoms with Gasteiger partial charge in [-0.2, -0.15) is 12.7 Å². The molecule has 4 rings (SSSR count). The van der Waals surface area contributed by atoms with Crippen LogP contribution in [0.1, 0.15) is 12.8 Å². The molecule has 0 radical (unpaired) electrons. The van der Waals surface area contributed by atoms with E-state index in [1.807, 2.05) is 35.7 Å². The Hall–Kier alpha value is -2.60. The van der Waals surface area contributed by atoms with Crippen LogP contribution in [0.25, 0.3) is 21.3 Å². The smallest absolute Gasteiger partial charge is 0.273 e. The third-order valence-electron chi connectivity index (χ3n) is 4.99. The average molecular weight is 434 g/mol. The number of nitrogens with zero attached hydrogens (tertiary/aromatic N) is 3. The number of hydrogen-bond donors (Lipinski definition) is 2. The van der Waals surface area contributed by atoms with Crippen molar-refractivity contribution < 1.29 is 13.2 Å². The molecular weight excluding hydrogens is 414 g/mol. The van der Waals surface area contributed by atoms with Gasteiger partial charge in [0.2, 0.25) is 5.91 Å². The molecule has 3 heterocycles. The van der Waals surface area contributed by atoms with E-state index in [9.17, 15) is 18.0 Å². The van der Waals surface area contributed by atoms with Crippen molar-refractivity contribution in [1.82, 2.24) is 14.0 Å². The van der Waals surface area contributed by atoms with E-state index in [1.54, 1.807) is 0 Å². The number of rotatable bonds is 4. The number of carbonyl (C=O) groups excluding carboxylic acids is 1. The van der Waals surface area contributed by atoms with Gasteiger partial charge in [0.05, 0.1) is 5.39 Å². The molecule has 1 fully saturated rings. The second kappa shape index (κ2) is 7.67. The lowest BCUT2D eigenvalue weighted by molar-refractivity contribution is -0.121. The molecule has 1 aromatic carbocycles. The molecule has 3 aromatic rings. The van der Waals surface area contributed by atoms with Crippen molar-refractivity contribution in [2.24, 2.45) is 11.1 Å². The Morgan fingerprint density at radius 1 is 1.21 bits per heavy atom. The average Bonchev–Trinajstić information content (AvgIpc) is 3.15. The first-order chi connectivity index (χ1) is 13.8. The fraction of sp³-hybridized carbons (Fsp3) is 0.278. The van der Waals surface area contributed by atoms with Crippen LogP contribution in [0, 0.1) is 5.92 Å². The maximum absolute atomic E-state index is 13.0. The fourth-order valence-corrected chi connectivity index (χ4v) is 5.05. The molecule has 1 aliphatic heterocycles. The van der Waals surface area contributed by atoms with Crippen molar-refractivity contribution in [3.63, 3.8) is 0 Å². The van der Waals surface area contributed by atoms with Crippen molar-refractivity contribution in [2.45, 2.75) is 12.8 Å². The summed E-state index contributed by atoms with van der Waals surface area (Å²) < 4.78 is 25.0. The number of thiophene rings is 1. The number of carbonyl (C=O) groups is 1. The maximum atomic E-state index is 13.0. The largest absolute Gasteiger partial charge is 0.281 e. The molecule has 152 valence electrons. The van der Waals surface area contributed by atoms with E-state index in [2.05, 4.69) is 10.4 Å². The van der Waals surface area contributed by atoms with Crippen LogP contribution in [0.5, 0.6) is 0 Å². The summed E-state index contributed by atoms with van der Waals surface area (Å²) in [7, 11) is -3.75. The Labute approximate surface area is 170 Å². The maximum Gasteiger partial charge on any atom is 0.281 e. The molecule has 0 atom stereocenters. The van der Waals surface area contributed by atoms with Crippen molar-refractivity contribution in [2.75, 3.05) is 18.5 Å². The standard InChI is InChI=1S/C18H19N5O4S2/c19-29(26,27)22-8-6-13(7-9-22)16(24)21-23-11-20-17-15(18(23)25)14(10-28-17)12-4-2-1-3-5-12/h1-5,10-11,13H,6-9H2,(H,21,24)(H2,19,26,27). The lowest BCUT2D eigenvalue weighted by Gasteiger charge is -2.29. The number of benzene rings is 1. The molecule has 11 heteroatoms. The lowest BCUT2D eigenvalue weighted by atomic mass is 9.98. The number of nitrogens with two attached hydrogens (primary N) is 1. The lowest BCUT2D eigenvalue weighted by Crippen LogP contribution is -2.45. The van der Waals surface area contributed by atoms with E-state index in [4.69, 9.17) is 5.14 Å². The predicted molar refractivity (Wildman–Crippen MR) is 111 cm³/mol. The summed E-state index contributed by atoms with van der Waals surface area (Å²) in [6.07, 6.45) is 1.97. The summed E-state index contributed by atoms with van der Waals surface area (Å²) in [6, 6.07) is 9.51. The second-order valence-corrected chi connectivity index (χ2v) is 9.21. The van der Waals surface area contributed by atoms with Gasteiger partial charge in [-0.3, -0.25) is 15.0 Å². The summed E-state index contributed by atoms with van der Waals surface area (Å²) in [5.41, 5.74) is 3.92. The zero-order valence-electron chi connectivity index (χ0n) is 15.3. The number of amides is 1. The molecule has 1 amide bonds. The molecular formula is C18H19N5O4S2. The van der Waals surface area contributed by atoms with Crippen LogP contribution in [0.4, 0.5) is 0 Å². The van der Waals surface area contributed by atoms with Gasteiger partial charge in [0, 0.05) is 30.0 Å². The van der Waals surface area contributed by atoms with Crippen molar-refractivity contribution in [3.8, 4) is 11.1 Å². The van der Waals surface area contributed by atoms with E-state index in [-0.39, 0.29) is 24.6 Å². The summed E-state index contributed by atoms with van der Waals surface area (Å²) in [5.74, 6) is -0.759. The van der Waals surface area contributed by atoms with Crippen LogP contribution in [-0.2, 0) is 15.0 Å². The highest BCUT2D eigenvalue weighted by Crippen LogP contribution is 2.30. The molecule has 0 spiro atoms. The SMILES string of the molecule is NS(=O)(=O)N1CCC(C(=O)Nn2cnc3scc(-c4ccccc4)c3c2=O)CC1. The van der Waals surface area contributed by atoms with Gasteiger partial charge < -0.3 is 0 Å². The van der Waals surface area contributed by atoms with Gasteiger partial charge in [-0.15, -0.1) is 11.3 Å². The van der Waals surface area contributed by atoms with Gasteiger partial charge in [0.25, 0.3) is 15.8 Å². The van der Waals surface area contributed by atoms with E-state index < -0.39 is 16.1 Å². The summed E-state index contributed by atoms with van der Waals surface area (Å²) >= 11 is 1.37. The molecule has 0 saturated carbocycles. The quantitative estimate of drug-likeness (QED) is 0.637. The molecule has 2 aromatic heterocycles. The Morgan fingerprint density at radius 2 is 1.90 bits per heavy atom. The van der Waals surface area contributed by atoms with Crippen LogP contribution < -0.4 is 16.1 Å². The number of nitrogens with one attached hydrogen (secondary N) is 1. The van der Waals surface area contributed by atoms with Crippen LogP contribution in [0.15, 0.2) is 46.8 Å². The Kier molecular flexibility index (Phi) is 5.21. The summed E-state index contributed by atoms with van der Waals surface area (Å²) in [5, 5.41) is 7.46. The topological polar surface area (TPSA) is 127 Å². The normalized spacial score (nSPS) is 16.2. The van der Waals surface area contributed by atoms with E-state index in [0.29, 0.717) is 23.1 Å². The highest BCUT2D eigenvalue weighted by atomic mass is 32.2. The summed E-state index contributed by atoms with van der Waals surface area (Å²) in [4.78, 5) is 30.5. The third-order valence-corrected chi connectivity index (χ3v) is 6.97. The number of aromatic nitrogens is 2. The van der Waals surface area contributed by atoms with Crippen molar-refractivity contribution in [3.05, 3.63) is 52.4 Å². The highest BCUT2D eigenvalue weighted by Gasteiger charge is 2.29. The zero-order chi connectivity index (χ0) is 20.6.